The fraction of sp³-hybridized carbons (Fsp3) is 0.556. The van der Waals surface area contributed by atoms with E-state index in [4.69, 9.17) is 20.4 Å². The van der Waals surface area contributed by atoms with Gasteiger partial charge in [-0.25, -0.2) is 0 Å². The molecule has 0 heterocycles. The number of rotatable bonds is 9. The Kier molecular flexibility index (Phi) is 10.7. The molecule has 0 rings (SSSR count). The van der Waals surface area contributed by atoms with E-state index in [-0.39, 0.29) is 44.2 Å². The first-order chi connectivity index (χ1) is 8.23. The van der Waals surface area contributed by atoms with E-state index in [1.807, 2.05) is 0 Å². The third kappa shape index (κ3) is 9.65. The van der Waals surface area contributed by atoms with E-state index < -0.39 is 49.4 Å². The van der Waals surface area contributed by atoms with Crippen molar-refractivity contribution in [2.75, 3.05) is 13.1 Å². The molecular weight excluding hydrogens is 290 g/mol. The minimum absolute atomic E-state index is 0. The van der Waals surface area contributed by atoms with Crippen LogP contribution in [0.25, 0.3) is 0 Å². The second-order valence-corrected chi connectivity index (χ2v) is 3.48. The largest absolute Gasteiger partial charge is 2.00 e. The average molecular weight is 303 g/mol. The topological polar surface area (TPSA) is 152 Å². The van der Waals surface area contributed by atoms with Crippen molar-refractivity contribution < 1.29 is 39.6 Å². The zero-order valence-electron chi connectivity index (χ0n) is 9.98. The molecule has 102 valence electrons. The predicted molar refractivity (Wildman–Crippen MR) is 60.9 cm³/mol. The maximum atomic E-state index is 10.9. The molecule has 1 unspecified atom stereocenters. The van der Waals surface area contributed by atoms with Crippen LogP contribution in [0.2, 0.25) is 0 Å². The Morgan fingerprint density at radius 3 is 1.53 bits per heavy atom. The van der Waals surface area contributed by atoms with Crippen molar-refractivity contribution in [3.05, 3.63) is 0 Å². The van der Waals surface area contributed by atoms with Gasteiger partial charge in [0.05, 0.1) is 13.1 Å². The Morgan fingerprint density at radius 1 is 0.842 bits per heavy atom. The van der Waals surface area contributed by atoms with E-state index in [2.05, 4.69) is 0 Å². The molecule has 0 aliphatic rings. The van der Waals surface area contributed by atoms with Crippen LogP contribution in [0.15, 0.2) is 0 Å². The molecule has 9 nitrogen and oxygen atoms in total. The first-order valence-electron chi connectivity index (χ1n) is 4.86. The summed E-state index contributed by atoms with van der Waals surface area (Å²) in [6.45, 7) is -1.58. The molecule has 0 radical (unpaired) electrons. The van der Waals surface area contributed by atoms with Crippen LogP contribution in [0.4, 0.5) is 0 Å². The van der Waals surface area contributed by atoms with Crippen LogP contribution in [0, 0.1) is 0 Å². The average Bonchev–Trinajstić information content (AvgIpc) is 2.14. The number of carboxylic acids is 4. The Labute approximate surface area is 137 Å². The normalized spacial score (nSPS) is 11.4. The molecule has 0 spiro atoms. The molecule has 0 aromatic carbocycles. The van der Waals surface area contributed by atoms with Gasteiger partial charge in [-0.2, -0.15) is 0 Å². The molecule has 0 aromatic rings. The Morgan fingerprint density at radius 2 is 1.26 bits per heavy atom. The second kappa shape index (κ2) is 9.96. The molecule has 19 heavy (non-hydrogen) atoms. The standard InChI is InChI=1S/C9H13NO8.Ca/c11-6(12)2-1-5(9(17)18)10(3-7(13)14)4-8(15)16;/h5H,1-4H2,(H,11,12)(H,13,14)(H,15,16)(H,17,18);/q;+2. The fourth-order valence-corrected chi connectivity index (χ4v) is 1.35. The van der Waals surface area contributed by atoms with Crippen LogP contribution in [0.1, 0.15) is 12.8 Å². The van der Waals surface area contributed by atoms with Gasteiger partial charge < -0.3 is 20.4 Å². The third-order valence-corrected chi connectivity index (χ3v) is 2.03. The van der Waals surface area contributed by atoms with Gasteiger partial charge in [-0.1, -0.05) is 0 Å². The number of nitrogens with zero attached hydrogens (tertiary/aromatic N) is 1. The van der Waals surface area contributed by atoms with Gasteiger partial charge in [0.1, 0.15) is 6.04 Å². The fourth-order valence-electron chi connectivity index (χ4n) is 1.35. The van der Waals surface area contributed by atoms with Crippen LogP contribution < -0.4 is 0 Å². The third-order valence-electron chi connectivity index (χ3n) is 2.03. The number of hydrogen-bond acceptors (Lipinski definition) is 5. The number of carbonyl (C=O) groups is 4. The van der Waals surface area contributed by atoms with Crippen molar-refractivity contribution >= 4 is 61.6 Å². The van der Waals surface area contributed by atoms with Gasteiger partial charge in [0.15, 0.2) is 0 Å². The molecule has 0 bridgehead atoms. The molecule has 0 aliphatic heterocycles. The van der Waals surface area contributed by atoms with E-state index >= 15 is 0 Å². The summed E-state index contributed by atoms with van der Waals surface area (Å²) in [6, 6.07) is -1.46. The summed E-state index contributed by atoms with van der Waals surface area (Å²) >= 11 is 0. The molecule has 0 saturated carbocycles. The minimum Gasteiger partial charge on any atom is -0.481 e. The van der Waals surface area contributed by atoms with Gasteiger partial charge >= 0.3 is 61.6 Å². The molecule has 1 atom stereocenters. The molecule has 10 heteroatoms. The van der Waals surface area contributed by atoms with Gasteiger partial charge in [0.2, 0.25) is 0 Å². The van der Waals surface area contributed by atoms with Crippen molar-refractivity contribution in [2.45, 2.75) is 18.9 Å². The van der Waals surface area contributed by atoms with Gasteiger partial charge in [-0.05, 0) is 6.42 Å². The first kappa shape index (κ1) is 20.4. The van der Waals surface area contributed by atoms with Crippen LogP contribution >= 0.6 is 0 Å². The van der Waals surface area contributed by atoms with Crippen LogP contribution in [-0.2, 0) is 19.2 Å². The van der Waals surface area contributed by atoms with Gasteiger partial charge in [0, 0.05) is 6.42 Å². The summed E-state index contributed by atoms with van der Waals surface area (Å²) in [4.78, 5) is 43.0. The van der Waals surface area contributed by atoms with Crippen LogP contribution in [0.5, 0.6) is 0 Å². The van der Waals surface area contributed by atoms with Gasteiger partial charge in [0.25, 0.3) is 0 Å². The Balaban J connectivity index is 0. The van der Waals surface area contributed by atoms with Crippen molar-refractivity contribution in [3.63, 3.8) is 0 Å². The molecular formula is C9H13CaNO8+2. The van der Waals surface area contributed by atoms with Gasteiger partial charge in [-0.3, -0.25) is 24.1 Å². The summed E-state index contributed by atoms with van der Waals surface area (Å²) in [5.41, 5.74) is 0. The molecule has 0 aromatic heterocycles. The zero-order chi connectivity index (χ0) is 14.3. The second-order valence-electron chi connectivity index (χ2n) is 3.48. The summed E-state index contributed by atoms with van der Waals surface area (Å²) in [6.07, 6.45) is -0.863. The van der Waals surface area contributed by atoms with Crippen molar-refractivity contribution in [2.24, 2.45) is 0 Å². The van der Waals surface area contributed by atoms with E-state index in [1.54, 1.807) is 0 Å². The maximum Gasteiger partial charge on any atom is 2.00 e. The molecule has 0 amide bonds. The molecule has 0 fully saturated rings. The summed E-state index contributed by atoms with van der Waals surface area (Å²) in [7, 11) is 0. The molecule has 0 saturated heterocycles. The van der Waals surface area contributed by atoms with Gasteiger partial charge in [-0.15, -0.1) is 0 Å². The molecule has 0 aliphatic carbocycles. The van der Waals surface area contributed by atoms with E-state index in [0.717, 1.165) is 0 Å². The maximum absolute atomic E-state index is 10.9. The SMILES string of the molecule is O=C(O)CCC(C(=O)O)N(CC(=O)O)CC(=O)O.[Ca+2]. The summed E-state index contributed by atoms with van der Waals surface area (Å²) < 4.78 is 0. The monoisotopic (exact) mass is 303 g/mol. The number of carboxylic acid groups (broad SMARTS) is 4. The number of hydrogen-bond donors (Lipinski definition) is 4. The number of aliphatic carboxylic acids is 4. The summed E-state index contributed by atoms with van der Waals surface area (Å²) in [5, 5.41) is 34.4. The van der Waals surface area contributed by atoms with Crippen molar-refractivity contribution in [3.8, 4) is 0 Å². The predicted octanol–water partition coefficient (Wildman–Crippen LogP) is -1.61. The van der Waals surface area contributed by atoms with Crippen molar-refractivity contribution in [1.29, 1.82) is 0 Å². The van der Waals surface area contributed by atoms with Crippen molar-refractivity contribution in [1.82, 2.24) is 4.90 Å². The Bertz CT molecular complexity index is 342. The Hall–Kier alpha value is -0.900. The first-order valence-corrected chi connectivity index (χ1v) is 4.86. The minimum atomic E-state index is -1.46. The van der Waals surface area contributed by atoms with E-state index in [9.17, 15) is 19.2 Å². The van der Waals surface area contributed by atoms with E-state index in [1.165, 1.54) is 0 Å². The van der Waals surface area contributed by atoms with Crippen LogP contribution in [-0.4, -0.2) is 106 Å². The smallest absolute Gasteiger partial charge is 0.481 e. The van der Waals surface area contributed by atoms with Crippen LogP contribution in [0.3, 0.4) is 0 Å². The molecule has 4 N–H and O–H groups in total. The quantitative estimate of drug-likeness (QED) is 0.369. The van der Waals surface area contributed by atoms with E-state index in [0.29, 0.717) is 4.90 Å². The zero-order valence-corrected chi connectivity index (χ0v) is 12.2. The summed E-state index contributed by atoms with van der Waals surface area (Å²) in [5.74, 6) is -5.48.